The zero-order chi connectivity index (χ0) is 20.9. The second-order valence-electron chi connectivity index (χ2n) is 7.56. The second kappa shape index (κ2) is 9.30. The third-order valence-corrected chi connectivity index (χ3v) is 5.61. The Kier molecular flexibility index (Phi) is 6.33. The van der Waals surface area contributed by atoms with Crippen LogP contribution >= 0.6 is 15.9 Å². The molecule has 0 saturated heterocycles. The molecule has 0 bridgehead atoms. The topological polar surface area (TPSA) is 62.7 Å². The van der Waals surface area contributed by atoms with Crippen molar-refractivity contribution in [1.82, 2.24) is 4.98 Å². The summed E-state index contributed by atoms with van der Waals surface area (Å²) in [6.07, 6.45) is 3.87. The van der Waals surface area contributed by atoms with Crippen LogP contribution in [0.25, 0.3) is 0 Å². The first-order valence-corrected chi connectivity index (χ1v) is 10.8. The molecule has 1 N–H and O–H groups in total. The zero-order valence-electron chi connectivity index (χ0n) is 16.5. The summed E-state index contributed by atoms with van der Waals surface area (Å²) in [5, 5.41) is 9.15. The number of carbonyl (C=O) groups is 1. The van der Waals surface area contributed by atoms with E-state index < -0.39 is 5.97 Å². The molecule has 3 aromatic rings. The molecule has 1 saturated carbocycles. The minimum atomic E-state index is -0.966. The van der Waals surface area contributed by atoms with Crippen LogP contribution in [0.5, 0.6) is 5.75 Å². The van der Waals surface area contributed by atoms with E-state index in [-0.39, 0.29) is 5.56 Å². The average Bonchev–Trinajstić information content (AvgIpc) is 3.58. The molecule has 6 heteroatoms. The van der Waals surface area contributed by atoms with Crippen molar-refractivity contribution in [3.8, 4) is 5.75 Å². The van der Waals surface area contributed by atoms with Gasteiger partial charge in [0.2, 0.25) is 0 Å². The Morgan fingerprint density at radius 1 is 1.13 bits per heavy atom. The van der Waals surface area contributed by atoms with Gasteiger partial charge in [-0.15, -0.1) is 0 Å². The Balaban J connectivity index is 1.55. The van der Waals surface area contributed by atoms with Crippen LogP contribution in [0, 0.1) is 5.92 Å². The lowest BCUT2D eigenvalue weighted by Gasteiger charge is -2.25. The summed E-state index contributed by atoms with van der Waals surface area (Å²) in [7, 11) is 0. The van der Waals surface area contributed by atoms with Gasteiger partial charge in [-0.1, -0.05) is 46.3 Å². The van der Waals surface area contributed by atoms with Crippen LogP contribution in [0.2, 0.25) is 0 Å². The normalized spacial score (nSPS) is 13.1. The van der Waals surface area contributed by atoms with Gasteiger partial charge in [0.15, 0.2) is 0 Å². The van der Waals surface area contributed by atoms with Gasteiger partial charge in [0.25, 0.3) is 0 Å². The van der Waals surface area contributed by atoms with Gasteiger partial charge in [-0.3, -0.25) is 0 Å². The molecule has 5 nitrogen and oxygen atoms in total. The number of benzene rings is 2. The van der Waals surface area contributed by atoms with Crippen molar-refractivity contribution in [2.24, 2.45) is 5.92 Å². The van der Waals surface area contributed by atoms with Crippen molar-refractivity contribution in [3.63, 3.8) is 0 Å². The number of rotatable bonds is 9. The fourth-order valence-corrected chi connectivity index (χ4v) is 3.71. The minimum absolute atomic E-state index is 0.194. The van der Waals surface area contributed by atoms with Crippen LogP contribution in [0.15, 0.2) is 71.3 Å². The van der Waals surface area contributed by atoms with Crippen LogP contribution in [0.1, 0.15) is 34.3 Å². The van der Waals surface area contributed by atoms with Crippen molar-refractivity contribution < 1.29 is 14.6 Å². The first kappa shape index (κ1) is 20.4. The molecule has 0 radical (unpaired) electrons. The van der Waals surface area contributed by atoms with Crippen molar-refractivity contribution in [3.05, 3.63) is 88.0 Å². The summed E-state index contributed by atoms with van der Waals surface area (Å²) < 4.78 is 7.13. The Morgan fingerprint density at radius 2 is 1.93 bits per heavy atom. The number of ether oxygens (including phenoxy) is 1. The molecule has 30 heavy (non-hydrogen) atoms. The highest BCUT2D eigenvalue weighted by atomic mass is 79.9. The largest absolute Gasteiger partial charge is 0.489 e. The molecule has 1 aliphatic rings. The van der Waals surface area contributed by atoms with E-state index in [1.807, 2.05) is 42.5 Å². The molecule has 1 fully saturated rings. The van der Waals surface area contributed by atoms with Crippen LogP contribution in [-0.2, 0) is 13.2 Å². The summed E-state index contributed by atoms with van der Waals surface area (Å²) in [5.74, 6) is 1.31. The maximum Gasteiger partial charge on any atom is 0.337 e. The number of aromatic carboxylic acids is 1. The highest BCUT2D eigenvalue weighted by molar-refractivity contribution is 9.10. The molecule has 1 aromatic heterocycles. The van der Waals surface area contributed by atoms with Gasteiger partial charge in [-0.25, -0.2) is 9.78 Å². The highest BCUT2D eigenvalue weighted by Crippen LogP contribution is 2.33. The predicted octanol–water partition coefficient (Wildman–Crippen LogP) is 5.54. The number of pyridine rings is 1. The lowest BCUT2D eigenvalue weighted by molar-refractivity contribution is 0.0696. The van der Waals surface area contributed by atoms with Crippen LogP contribution in [0.3, 0.4) is 0 Å². The number of halogens is 1. The van der Waals surface area contributed by atoms with Crippen molar-refractivity contribution in [2.45, 2.75) is 26.0 Å². The summed E-state index contributed by atoms with van der Waals surface area (Å²) >= 11 is 3.57. The molecule has 2 aromatic carbocycles. The van der Waals surface area contributed by atoms with Gasteiger partial charge in [-0.05, 0) is 54.7 Å². The van der Waals surface area contributed by atoms with Gasteiger partial charge in [-0.2, -0.15) is 0 Å². The zero-order valence-corrected chi connectivity index (χ0v) is 18.1. The van der Waals surface area contributed by atoms with Gasteiger partial charge in [0.05, 0.1) is 5.56 Å². The molecule has 1 aliphatic carbocycles. The first-order chi connectivity index (χ1) is 14.6. The monoisotopic (exact) mass is 466 g/mol. The fraction of sp³-hybridized carbons (Fsp3) is 0.250. The second-order valence-corrected chi connectivity index (χ2v) is 8.48. The van der Waals surface area contributed by atoms with E-state index >= 15 is 0 Å². The SMILES string of the molecule is O=C(O)c1ccc(N(Cc2cc(Br)ccc2OCc2ccccc2)CC2CC2)nc1. The number of carboxylic acids is 1. The molecule has 0 atom stereocenters. The third kappa shape index (κ3) is 5.39. The average molecular weight is 467 g/mol. The smallest absolute Gasteiger partial charge is 0.337 e. The number of hydrogen-bond acceptors (Lipinski definition) is 4. The van der Waals surface area contributed by atoms with E-state index in [9.17, 15) is 4.79 Å². The van der Waals surface area contributed by atoms with Crippen LogP contribution in [0.4, 0.5) is 5.82 Å². The maximum atomic E-state index is 11.2. The van der Waals surface area contributed by atoms with Crippen molar-refractivity contribution in [1.29, 1.82) is 0 Å². The molecule has 154 valence electrons. The molecule has 0 aliphatic heterocycles. The lowest BCUT2D eigenvalue weighted by atomic mass is 10.1. The highest BCUT2D eigenvalue weighted by Gasteiger charge is 2.26. The summed E-state index contributed by atoms with van der Waals surface area (Å²) in [5.41, 5.74) is 2.37. The van der Waals surface area contributed by atoms with Gasteiger partial charge < -0.3 is 14.7 Å². The Hall–Kier alpha value is -2.86. The van der Waals surface area contributed by atoms with E-state index in [0.29, 0.717) is 19.1 Å². The Morgan fingerprint density at radius 3 is 2.60 bits per heavy atom. The standard InChI is InChI=1S/C24H23BrN2O3/c25-21-9-10-22(30-16-18-4-2-1-3-5-18)20(12-21)15-27(14-17-6-7-17)23-11-8-19(13-26-23)24(28)29/h1-5,8-13,17H,6-7,14-16H2,(H,28,29). The van der Waals surface area contributed by atoms with E-state index in [1.54, 1.807) is 12.1 Å². The van der Waals surface area contributed by atoms with Crippen molar-refractivity contribution >= 4 is 27.7 Å². The Labute approximate surface area is 184 Å². The molecule has 0 spiro atoms. The molecular formula is C24H23BrN2O3. The van der Waals surface area contributed by atoms with Crippen LogP contribution < -0.4 is 9.64 Å². The number of carboxylic acid groups (broad SMARTS) is 1. The first-order valence-electron chi connectivity index (χ1n) is 9.98. The summed E-state index contributed by atoms with van der Waals surface area (Å²) in [4.78, 5) is 17.8. The maximum absolute atomic E-state index is 11.2. The van der Waals surface area contributed by atoms with E-state index in [0.717, 1.165) is 33.7 Å². The van der Waals surface area contributed by atoms with E-state index in [1.165, 1.54) is 19.0 Å². The molecule has 0 amide bonds. The van der Waals surface area contributed by atoms with E-state index in [2.05, 4.69) is 31.9 Å². The molecule has 4 rings (SSSR count). The van der Waals surface area contributed by atoms with Gasteiger partial charge in [0.1, 0.15) is 18.2 Å². The molecule has 1 heterocycles. The predicted molar refractivity (Wildman–Crippen MR) is 120 cm³/mol. The Bertz CT molecular complexity index is 1000. The number of aromatic nitrogens is 1. The summed E-state index contributed by atoms with van der Waals surface area (Å²) in [6, 6.07) is 19.5. The van der Waals surface area contributed by atoms with Gasteiger partial charge >= 0.3 is 5.97 Å². The molecule has 0 unspecified atom stereocenters. The van der Waals surface area contributed by atoms with Crippen LogP contribution in [-0.4, -0.2) is 22.6 Å². The quantitative estimate of drug-likeness (QED) is 0.448. The van der Waals surface area contributed by atoms with Crippen molar-refractivity contribution in [2.75, 3.05) is 11.4 Å². The lowest BCUT2D eigenvalue weighted by Crippen LogP contribution is -2.26. The summed E-state index contributed by atoms with van der Waals surface area (Å²) in [6.45, 7) is 2.03. The number of anilines is 1. The molecular weight excluding hydrogens is 444 g/mol. The fourth-order valence-electron chi connectivity index (χ4n) is 3.30. The minimum Gasteiger partial charge on any atom is -0.489 e. The van der Waals surface area contributed by atoms with E-state index in [4.69, 9.17) is 9.84 Å². The third-order valence-electron chi connectivity index (χ3n) is 5.12. The number of nitrogens with zero attached hydrogens (tertiary/aromatic N) is 2. The van der Waals surface area contributed by atoms with Gasteiger partial charge in [0, 0.05) is 29.3 Å². The number of hydrogen-bond donors (Lipinski definition) is 1.